The summed E-state index contributed by atoms with van der Waals surface area (Å²) in [6, 6.07) is 0. The van der Waals surface area contributed by atoms with E-state index < -0.39 is 7.60 Å². The molecule has 0 aromatic carbocycles. The lowest BCUT2D eigenvalue weighted by atomic mass is 10.2. The lowest BCUT2D eigenvalue weighted by Gasteiger charge is -2.18. The fourth-order valence-electron chi connectivity index (χ4n) is 1.35. The van der Waals surface area contributed by atoms with Gasteiger partial charge in [0.05, 0.1) is 24.5 Å². The molecule has 1 rings (SSSR count). The van der Waals surface area contributed by atoms with Gasteiger partial charge in [-0.25, -0.2) is 0 Å². The summed E-state index contributed by atoms with van der Waals surface area (Å²) in [6.45, 7) is 5.59. The second kappa shape index (κ2) is 4.75. The normalized spacial score (nSPS) is 32.1. The van der Waals surface area contributed by atoms with E-state index in [1.165, 1.54) is 0 Å². The van der Waals surface area contributed by atoms with Crippen molar-refractivity contribution in [2.75, 3.05) is 6.61 Å². The predicted molar refractivity (Wildman–Crippen MR) is 54.5 cm³/mol. The summed E-state index contributed by atoms with van der Waals surface area (Å²) in [7, 11) is -3.42. The zero-order chi connectivity index (χ0) is 10.8. The summed E-state index contributed by atoms with van der Waals surface area (Å²) in [4.78, 5) is 9.40. The van der Waals surface area contributed by atoms with Gasteiger partial charge >= 0.3 is 7.60 Å². The molecule has 1 heterocycles. The first kappa shape index (κ1) is 12.2. The third-order valence-corrected chi connectivity index (χ3v) is 4.24. The number of hydrogen-bond donors (Lipinski definition) is 1. The Kier molecular flexibility index (Phi) is 4.14. The number of rotatable bonds is 4. The molecule has 84 valence electrons. The minimum atomic E-state index is -3.42. The molecule has 4 nitrogen and oxygen atoms in total. The van der Waals surface area contributed by atoms with Crippen LogP contribution in [0.4, 0.5) is 0 Å². The molecule has 0 spiro atoms. The van der Waals surface area contributed by atoms with Crippen molar-refractivity contribution in [2.45, 2.75) is 51.5 Å². The highest BCUT2D eigenvalue weighted by Gasteiger charge is 2.28. The van der Waals surface area contributed by atoms with Crippen LogP contribution in [0, 0.1) is 0 Å². The zero-order valence-electron chi connectivity index (χ0n) is 8.97. The van der Waals surface area contributed by atoms with Gasteiger partial charge in [0, 0.05) is 0 Å². The average molecular weight is 222 g/mol. The Bertz CT molecular complexity index is 229. The molecular weight excluding hydrogens is 203 g/mol. The summed E-state index contributed by atoms with van der Waals surface area (Å²) in [6.07, 6.45) is 2.16. The van der Waals surface area contributed by atoms with Crippen molar-refractivity contribution in [1.82, 2.24) is 0 Å². The summed E-state index contributed by atoms with van der Waals surface area (Å²) in [5, 5.41) is 0. The van der Waals surface area contributed by atoms with Crippen molar-refractivity contribution in [3.8, 4) is 0 Å². The lowest BCUT2D eigenvalue weighted by Crippen LogP contribution is -2.16. The van der Waals surface area contributed by atoms with Gasteiger partial charge in [-0.05, 0) is 19.8 Å². The molecule has 1 saturated heterocycles. The van der Waals surface area contributed by atoms with Crippen LogP contribution >= 0.6 is 7.60 Å². The molecule has 3 atom stereocenters. The van der Waals surface area contributed by atoms with Crippen molar-refractivity contribution in [2.24, 2.45) is 0 Å². The Hall–Kier alpha value is 0.110. The molecule has 1 aliphatic heterocycles. The van der Waals surface area contributed by atoms with Gasteiger partial charge in [-0.1, -0.05) is 13.8 Å². The first-order chi connectivity index (χ1) is 6.42. The fourth-order valence-corrected chi connectivity index (χ4v) is 2.02. The van der Waals surface area contributed by atoms with Gasteiger partial charge in [0.15, 0.2) is 0 Å². The number of ether oxygens (including phenoxy) is 1. The zero-order valence-corrected chi connectivity index (χ0v) is 9.87. The van der Waals surface area contributed by atoms with E-state index >= 15 is 0 Å². The SMILES string of the molecule is CC(C)P(=O)(O)OC[C@@H]1CC[C@H](C)O1. The monoisotopic (exact) mass is 222 g/mol. The van der Waals surface area contributed by atoms with E-state index in [0.29, 0.717) is 0 Å². The molecule has 0 aliphatic carbocycles. The van der Waals surface area contributed by atoms with E-state index in [1.54, 1.807) is 13.8 Å². The van der Waals surface area contributed by atoms with Crippen LogP contribution in [-0.4, -0.2) is 29.4 Å². The number of hydrogen-bond acceptors (Lipinski definition) is 3. The molecule has 0 saturated carbocycles. The highest BCUT2D eigenvalue weighted by atomic mass is 31.2. The quantitative estimate of drug-likeness (QED) is 0.740. The van der Waals surface area contributed by atoms with Gasteiger partial charge < -0.3 is 14.2 Å². The highest BCUT2D eigenvalue weighted by Crippen LogP contribution is 2.47. The Morgan fingerprint density at radius 3 is 2.64 bits per heavy atom. The fraction of sp³-hybridized carbons (Fsp3) is 1.00. The topological polar surface area (TPSA) is 55.8 Å². The maximum Gasteiger partial charge on any atom is 0.330 e. The largest absolute Gasteiger partial charge is 0.373 e. The van der Waals surface area contributed by atoms with Gasteiger partial charge in [-0.15, -0.1) is 0 Å². The Labute approximate surface area is 85.1 Å². The first-order valence-corrected chi connectivity index (χ1v) is 6.69. The van der Waals surface area contributed by atoms with E-state index in [2.05, 4.69) is 0 Å². The highest BCUT2D eigenvalue weighted by molar-refractivity contribution is 7.53. The van der Waals surface area contributed by atoms with Crippen molar-refractivity contribution >= 4 is 7.60 Å². The van der Waals surface area contributed by atoms with E-state index in [0.717, 1.165) is 12.8 Å². The maximum atomic E-state index is 11.4. The van der Waals surface area contributed by atoms with Gasteiger partial charge in [0.1, 0.15) is 0 Å². The minimum Gasteiger partial charge on any atom is -0.373 e. The summed E-state index contributed by atoms with van der Waals surface area (Å²) < 4.78 is 21.9. The van der Waals surface area contributed by atoms with Gasteiger partial charge in [0.25, 0.3) is 0 Å². The predicted octanol–water partition coefficient (Wildman–Crippen LogP) is 2.16. The van der Waals surface area contributed by atoms with Crippen LogP contribution in [-0.2, 0) is 13.8 Å². The van der Waals surface area contributed by atoms with E-state index in [1.807, 2.05) is 6.92 Å². The van der Waals surface area contributed by atoms with E-state index in [9.17, 15) is 9.46 Å². The standard InChI is InChI=1S/C9H19O4P/c1-7(2)14(10,11)12-6-9-5-4-8(3)13-9/h7-9H,4-6H2,1-3H3,(H,10,11)/t8-,9-/m0/s1. The lowest BCUT2D eigenvalue weighted by molar-refractivity contribution is 0.0233. The molecule has 1 fully saturated rings. The van der Waals surface area contributed by atoms with Crippen LogP contribution in [0.15, 0.2) is 0 Å². The van der Waals surface area contributed by atoms with Crippen LogP contribution in [0.3, 0.4) is 0 Å². The molecule has 1 unspecified atom stereocenters. The van der Waals surface area contributed by atoms with Crippen molar-refractivity contribution in [3.05, 3.63) is 0 Å². The van der Waals surface area contributed by atoms with Crippen LogP contribution in [0.5, 0.6) is 0 Å². The van der Waals surface area contributed by atoms with Crippen LogP contribution in [0.25, 0.3) is 0 Å². The molecule has 0 aromatic rings. The molecule has 1 N–H and O–H groups in total. The van der Waals surface area contributed by atoms with Crippen LogP contribution in [0.2, 0.25) is 0 Å². The van der Waals surface area contributed by atoms with Gasteiger partial charge in [-0.2, -0.15) is 0 Å². The Morgan fingerprint density at radius 1 is 1.57 bits per heavy atom. The van der Waals surface area contributed by atoms with Crippen LogP contribution < -0.4 is 0 Å². The molecule has 0 amide bonds. The Balaban J connectivity index is 2.30. The third kappa shape index (κ3) is 3.35. The van der Waals surface area contributed by atoms with Crippen molar-refractivity contribution in [1.29, 1.82) is 0 Å². The Morgan fingerprint density at radius 2 is 2.21 bits per heavy atom. The third-order valence-electron chi connectivity index (χ3n) is 2.42. The first-order valence-electron chi connectivity index (χ1n) is 5.04. The van der Waals surface area contributed by atoms with Gasteiger partial charge in [-0.3, -0.25) is 4.57 Å². The molecule has 0 radical (unpaired) electrons. The molecule has 0 aromatic heterocycles. The second-order valence-electron chi connectivity index (χ2n) is 4.10. The molecule has 14 heavy (non-hydrogen) atoms. The molecule has 5 heteroatoms. The van der Waals surface area contributed by atoms with Gasteiger partial charge in [0.2, 0.25) is 0 Å². The smallest absolute Gasteiger partial charge is 0.330 e. The maximum absolute atomic E-state index is 11.4. The van der Waals surface area contributed by atoms with Crippen LogP contribution in [0.1, 0.15) is 33.6 Å². The molecule has 1 aliphatic rings. The summed E-state index contributed by atoms with van der Waals surface area (Å²) in [5.41, 5.74) is -0.346. The van der Waals surface area contributed by atoms with E-state index in [4.69, 9.17) is 9.26 Å². The minimum absolute atomic E-state index is 0.00998. The molecular formula is C9H19O4P. The van der Waals surface area contributed by atoms with E-state index in [-0.39, 0.29) is 24.5 Å². The summed E-state index contributed by atoms with van der Waals surface area (Å²) >= 11 is 0. The molecule has 0 bridgehead atoms. The van der Waals surface area contributed by atoms with Crippen molar-refractivity contribution < 1.29 is 18.7 Å². The average Bonchev–Trinajstić information content (AvgIpc) is 2.48. The second-order valence-corrected chi connectivity index (χ2v) is 6.52. The van der Waals surface area contributed by atoms with Crippen molar-refractivity contribution in [3.63, 3.8) is 0 Å². The summed E-state index contributed by atoms with van der Waals surface area (Å²) in [5.74, 6) is 0.